The Kier molecular flexibility index (Phi) is 7.10. The quantitative estimate of drug-likeness (QED) is 0.679. The second-order valence-corrected chi connectivity index (χ2v) is 8.41. The molecule has 146 valence electrons. The van der Waals surface area contributed by atoms with E-state index in [1.807, 2.05) is 31.2 Å². The Bertz CT molecular complexity index is 885. The van der Waals surface area contributed by atoms with Gasteiger partial charge in [-0.05, 0) is 49.7 Å². The van der Waals surface area contributed by atoms with Crippen molar-refractivity contribution < 1.29 is 17.9 Å². The summed E-state index contributed by atoms with van der Waals surface area (Å²) >= 11 is 5.86. The second kappa shape index (κ2) is 9.10. The molecule has 0 aliphatic rings. The van der Waals surface area contributed by atoms with Gasteiger partial charge in [0.1, 0.15) is 18.4 Å². The highest BCUT2D eigenvalue weighted by molar-refractivity contribution is 7.92. The molecule has 0 aliphatic carbocycles. The minimum absolute atomic E-state index is 0.260. The lowest BCUT2D eigenvalue weighted by Gasteiger charge is -2.28. The van der Waals surface area contributed by atoms with Gasteiger partial charge in [-0.25, -0.2) is 8.42 Å². The predicted octanol–water partition coefficient (Wildman–Crippen LogP) is 3.00. The summed E-state index contributed by atoms with van der Waals surface area (Å²) in [6.45, 7) is 4.01. The van der Waals surface area contributed by atoms with Gasteiger partial charge in [-0.1, -0.05) is 29.8 Å². The van der Waals surface area contributed by atoms with Crippen molar-refractivity contribution in [3.63, 3.8) is 0 Å². The topological polar surface area (TPSA) is 75.7 Å². The van der Waals surface area contributed by atoms with Crippen molar-refractivity contribution in [2.75, 3.05) is 23.7 Å². The molecule has 1 N–H and O–H groups in total. The van der Waals surface area contributed by atoms with Crippen LogP contribution >= 0.6 is 11.6 Å². The zero-order chi connectivity index (χ0) is 20.0. The van der Waals surface area contributed by atoms with Crippen LogP contribution in [-0.4, -0.2) is 39.8 Å². The summed E-state index contributed by atoms with van der Waals surface area (Å²) in [5, 5.41) is 3.19. The lowest BCUT2D eigenvalue weighted by molar-refractivity contribution is -0.121. The molecule has 1 atom stereocenters. The number of anilines is 1. The molecule has 2 rings (SSSR count). The van der Waals surface area contributed by atoms with Crippen molar-refractivity contribution in [1.29, 1.82) is 0 Å². The minimum Gasteiger partial charge on any atom is -0.491 e. The molecule has 0 aliphatic heterocycles. The van der Waals surface area contributed by atoms with Gasteiger partial charge in [0, 0.05) is 5.02 Å². The largest absolute Gasteiger partial charge is 0.491 e. The van der Waals surface area contributed by atoms with Crippen molar-refractivity contribution in [3.8, 4) is 5.75 Å². The maximum atomic E-state index is 12.5. The number of para-hydroxylation sites is 1. The fraction of sp³-hybridized carbons (Fsp3) is 0.316. The molecule has 0 spiro atoms. The first kappa shape index (κ1) is 21.1. The van der Waals surface area contributed by atoms with Gasteiger partial charge < -0.3 is 10.1 Å². The number of hydrogen-bond donors (Lipinski definition) is 1. The van der Waals surface area contributed by atoms with Gasteiger partial charge in [-0.15, -0.1) is 0 Å². The number of rotatable bonds is 8. The van der Waals surface area contributed by atoms with Crippen LogP contribution in [0.25, 0.3) is 0 Å². The molecule has 0 heterocycles. The molecular formula is C19H23ClN2O4S. The van der Waals surface area contributed by atoms with E-state index in [9.17, 15) is 13.2 Å². The Morgan fingerprint density at radius 2 is 1.81 bits per heavy atom. The van der Waals surface area contributed by atoms with E-state index in [-0.39, 0.29) is 13.2 Å². The summed E-state index contributed by atoms with van der Waals surface area (Å²) in [6, 6.07) is 13.0. The summed E-state index contributed by atoms with van der Waals surface area (Å²) in [6.07, 6.45) is 1.06. The van der Waals surface area contributed by atoms with E-state index < -0.39 is 22.0 Å². The Balaban J connectivity index is 1.98. The molecule has 0 aromatic heterocycles. The van der Waals surface area contributed by atoms with Gasteiger partial charge in [-0.3, -0.25) is 9.10 Å². The molecule has 2 aromatic rings. The third-order valence-electron chi connectivity index (χ3n) is 3.92. The second-order valence-electron chi connectivity index (χ2n) is 6.12. The van der Waals surface area contributed by atoms with E-state index >= 15 is 0 Å². The first-order valence-electron chi connectivity index (χ1n) is 8.41. The normalized spacial score (nSPS) is 12.3. The number of nitrogens with one attached hydrogen (secondary N) is 1. The van der Waals surface area contributed by atoms with Crippen molar-refractivity contribution >= 4 is 33.2 Å². The molecule has 0 saturated heterocycles. The predicted molar refractivity (Wildman–Crippen MR) is 108 cm³/mol. The van der Waals surface area contributed by atoms with Crippen LogP contribution in [0, 0.1) is 6.92 Å². The number of sulfonamides is 1. The van der Waals surface area contributed by atoms with Crippen LogP contribution in [0.2, 0.25) is 5.02 Å². The maximum absolute atomic E-state index is 12.5. The molecule has 0 radical (unpaired) electrons. The van der Waals surface area contributed by atoms with E-state index in [0.717, 1.165) is 21.9 Å². The Morgan fingerprint density at radius 3 is 2.41 bits per heavy atom. The Labute approximate surface area is 165 Å². The number of hydrogen-bond acceptors (Lipinski definition) is 4. The monoisotopic (exact) mass is 410 g/mol. The lowest BCUT2D eigenvalue weighted by Crippen LogP contribution is -2.48. The van der Waals surface area contributed by atoms with E-state index in [1.165, 1.54) is 6.92 Å². The number of benzene rings is 2. The lowest BCUT2D eigenvalue weighted by atomic mass is 10.2. The van der Waals surface area contributed by atoms with E-state index in [1.54, 1.807) is 24.3 Å². The van der Waals surface area contributed by atoms with Gasteiger partial charge in [0.05, 0.1) is 18.5 Å². The van der Waals surface area contributed by atoms with Crippen LogP contribution in [0.15, 0.2) is 48.5 Å². The number of amides is 1. The zero-order valence-corrected chi connectivity index (χ0v) is 17.0. The smallest absolute Gasteiger partial charge is 0.243 e. The van der Waals surface area contributed by atoms with Crippen LogP contribution in [0.1, 0.15) is 12.5 Å². The molecule has 0 bridgehead atoms. The Morgan fingerprint density at radius 1 is 1.19 bits per heavy atom. The number of carbonyl (C=O) groups is 1. The number of aryl methyl sites for hydroxylation is 1. The van der Waals surface area contributed by atoms with Gasteiger partial charge in [0.15, 0.2) is 0 Å². The summed E-state index contributed by atoms with van der Waals surface area (Å²) in [5.74, 6) is 0.336. The third-order valence-corrected chi connectivity index (χ3v) is 5.42. The highest BCUT2D eigenvalue weighted by Gasteiger charge is 2.28. The summed E-state index contributed by atoms with van der Waals surface area (Å²) < 4.78 is 31.1. The number of nitrogens with zero attached hydrogens (tertiary/aromatic N) is 1. The van der Waals surface area contributed by atoms with Crippen LogP contribution < -0.4 is 14.4 Å². The summed E-state index contributed by atoms with van der Waals surface area (Å²) in [7, 11) is -3.66. The van der Waals surface area contributed by atoms with Gasteiger partial charge in [0.25, 0.3) is 0 Å². The van der Waals surface area contributed by atoms with Gasteiger partial charge in [-0.2, -0.15) is 0 Å². The minimum atomic E-state index is -3.66. The number of carbonyl (C=O) groups excluding carboxylic acids is 1. The SMILES string of the molecule is Cc1ccccc1OCCNC(=O)[C@H](C)N(c1ccc(Cl)cc1)S(C)(=O)=O. The van der Waals surface area contributed by atoms with Crippen LogP contribution in [0.4, 0.5) is 5.69 Å². The maximum Gasteiger partial charge on any atom is 0.243 e. The Hall–Kier alpha value is -2.25. The van der Waals surface area contributed by atoms with Crippen molar-refractivity contribution in [2.45, 2.75) is 19.9 Å². The highest BCUT2D eigenvalue weighted by Crippen LogP contribution is 2.23. The fourth-order valence-electron chi connectivity index (χ4n) is 2.60. The molecule has 0 unspecified atom stereocenters. The van der Waals surface area contributed by atoms with E-state index in [2.05, 4.69) is 5.32 Å². The van der Waals surface area contributed by atoms with Crippen LogP contribution in [-0.2, 0) is 14.8 Å². The molecule has 27 heavy (non-hydrogen) atoms. The average molecular weight is 411 g/mol. The van der Waals surface area contributed by atoms with Crippen molar-refractivity contribution in [1.82, 2.24) is 5.32 Å². The molecule has 0 saturated carbocycles. The molecule has 1 amide bonds. The van der Waals surface area contributed by atoms with E-state index in [4.69, 9.17) is 16.3 Å². The fourth-order valence-corrected chi connectivity index (χ4v) is 3.90. The third kappa shape index (κ3) is 5.87. The van der Waals surface area contributed by atoms with Crippen LogP contribution in [0.3, 0.4) is 0 Å². The molecule has 8 heteroatoms. The summed E-state index contributed by atoms with van der Waals surface area (Å²) in [4.78, 5) is 12.5. The highest BCUT2D eigenvalue weighted by atomic mass is 35.5. The van der Waals surface area contributed by atoms with Gasteiger partial charge >= 0.3 is 0 Å². The zero-order valence-electron chi connectivity index (χ0n) is 15.5. The van der Waals surface area contributed by atoms with Gasteiger partial charge in [0.2, 0.25) is 15.9 Å². The van der Waals surface area contributed by atoms with E-state index in [0.29, 0.717) is 10.7 Å². The number of halogens is 1. The summed E-state index contributed by atoms with van der Waals surface area (Å²) in [5.41, 5.74) is 1.38. The average Bonchev–Trinajstić information content (AvgIpc) is 2.60. The molecule has 2 aromatic carbocycles. The van der Waals surface area contributed by atoms with Crippen molar-refractivity contribution in [3.05, 3.63) is 59.1 Å². The molecule has 6 nitrogen and oxygen atoms in total. The van der Waals surface area contributed by atoms with Crippen molar-refractivity contribution in [2.24, 2.45) is 0 Å². The van der Waals surface area contributed by atoms with Crippen LogP contribution in [0.5, 0.6) is 5.75 Å². The first-order valence-corrected chi connectivity index (χ1v) is 10.6. The standard InChI is InChI=1S/C19H23ClN2O4S/c1-14-6-4-5-7-18(14)26-13-12-21-19(23)15(2)22(27(3,24)25)17-10-8-16(20)9-11-17/h4-11,15H,12-13H2,1-3H3,(H,21,23)/t15-/m0/s1. The molecule has 0 fully saturated rings. The first-order chi connectivity index (χ1) is 12.7. The molecular weight excluding hydrogens is 388 g/mol. The number of ether oxygens (including phenoxy) is 1.